The van der Waals surface area contributed by atoms with Crippen molar-refractivity contribution < 1.29 is 19.0 Å². The minimum absolute atomic E-state index is 0.199. The predicted molar refractivity (Wildman–Crippen MR) is 115 cm³/mol. The van der Waals surface area contributed by atoms with E-state index in [4.69, 9.17) is 24.2 Å². The molecule has 1 aromatic heterocycles. The fourth-order valence-electron chi connectivity index (χ4n) is 3.65. The molecule has 0 saturated heterocycles. The van der Waals surface area contributed by atoms with Crippen molar-refractivity contribution in [2.45, 2.75) is 6.42 Å². The fraction of sp³-hybridized carbons (Fsp3) is 0.318. The first kappa shape index (κ1) is 19.8. The van der Waals surface area contributed by atoms with Crippen molar-refractivity contribution in [1.82, 2.24) is 9.97 Å². The number of hydrogen-bond acceptors (Lipinski definition) is 7. The van der Waals surface area contributed by atoms with E-state index in [1.54, 1.807) is 17.0 Å². The van der Waals surface area contributed by atoms with Crippen LogP contribution in [0.25, 0.3) is 11.0 Å². The monoisotopic (exact) mass is 408 g/mol. The lowest BCUT2D eigenvalue weighted by Gasteiger charge is -2.23. The fourth-order valence-corrected chi connectivity index (χ4v) is 3.65. The molecule has 4 rings (SSSR count). The summed E-state index contributed by atoms with van der Waals surface area (Å²) in [5.41, 5.74) is 1.97. The lowest BCUT2D eigenvalue weighted by atomic mass is 10.1. The Hall–Kier alpha value is -3.55. The highest BCUT2D eigenvalue weighted by atomic mass is 16.5. The van der Waals surface area contributed by atoms with Gasteiger partial charge in [-0.3, -0.25) is 9.69 Å². The second kappa shape index (κ2) is 8.06. The lowest BCUT2D eigenvalue weighted by molar-refractivity contribution is 0.0985. The van der Waals surface area contributed by atoms with Gasteiger partial charge in [-0.2, -0.15) is 0 Å². The van der Waals surface area contributed by atoms with Crippen LogP contribution in [0.2, 0.25) is 0 Å². The Morgan fingerprint density at radius 2 is 1.50 bits per heavy atom. The molecule has 8 heteroatoms. The third-order valence-electron chi connectivity index (χ3n) is 5.18. The molecule has 0 N–H and O–H groups in total. The molecule has 2 heterocycles. The minimum Gasteiger partial charge on any atom is -0.493 e. The van der Waals surface area contributed by atoms with E-state index in [1.165, 1.54) is 21.3 Å². The van der Waals surface area contributed by atoms with Gasteiger partial charge >= 0.3 is 0 Å². The number of para-hydroxylation sites is 2. The summed E-state index contributed by atoms with van der Waals surface area (Å²) in [6, 6.07) is 11.0. The average Bonchev–Trinajstić information content (AvgIpc) is 2.94. The van der Waals surface area contributed by atoms with Gasteiger partial charge < -0.3 is 19.1 Å². The van der Waals surface area contributed by atoms with Crippen molar-refractivity contribution in [1.29, 1.82) is 0 Å². The summed E-state index contributed by atoms with van der Waals surface area (Å²) in [6.07, 6.45) is 0.793. The number of anilines is 2. The van der Waals surface area contributed by atoms with Crippen molar-refractivity contribution in [3.8, 4) is 17.2 Å². The van der Waals surface area contributed by atoms with Crippen LogP contribution >= 0.6 is 0 Å². The van der Waals surface area contributed by atoms with Gasteiger partial charge in [0.2, 0.25) is 5.75 Å². The summed E-state index contributed by atoms with van der Waals surface area (Å²) in [7, 11) is 6.55. The molecular formula is C22H24N4O4. The molecule has 0 unspecified atom stereocenters. The standard InChI is InChI=1S/C22H24N4O4/c1-25-10-7-11-26(21-20(25)23-15-8-5-6-9-16(15)24-21)22(27)14-12-17(28-2)19(30-4)18(13-14)29-3/h5-6,8-9,12-13H,7,10-11H2,1-4H3. The number of benzene rings is 2. The zero-order chi connectivity index (χ0) is 21.3. The third kappa shape index (κ3) is 3.34. The van der Waals surface area contributed by atoms with Gasteiger partial charge in [-0.1, -0.05) is 12.1 Å². The first-order valence-electron chi connectivity index (χ1n) is 9.67. The Morgan fingerprint density at radius 1 is 0.900 bits per heavy atom. The number of fused-ring (bicyclic) bond motifs is 2. The predicted octanol–water partition coefficient (Wildman–Crippen LogP) is 3.14. The summed E-state index contributed by atoms with van der Waals surface area (Å²) in [6.45, 7) is 1.30. The van der Waals surface area contributed by atoms with Gasteiger partial charge in [-0.05, 0) is 30.7 Å². The Bertz CT molecular complexity index is 1080. The molecule has 1 aliphatic rings. The van der Waals surface area contributed by atoms with Crippen LogP contribution in [0, 0.1) is 0 Å². The van der Waals surface area contributed by atoms with Crippen LogP contribution < -0.4 is 24.0 Å². The molecule has 2 aromatic carbocycles. The molecule has 0 bridgehead atoms. The summed E-state index contributed by atoms with van der Waals surface area (Å²) in [5.74, 6) is 2.34. The highest BCUT2D eigenvalue weighted by Gasteiger charge is 2.29. The molecule has 8 nitrogen and oxygen atoms in total. The molecule has 1 amide bonds. The molecule has 0 saturated carbocycles. The second-order valence-electron chi connectivity index (χ2n) is 7.01. The molecule has 3 aromatic rings. The van der Waals surface area contributed by atoms with Gasteiger partial charge in [0.15, 0.2) is 23.1 Å². The summed E-state index contributed by atoms with van der Waals surface area (Å²) in [5, 5.41) is 0. The number of hydrogen-bond donors (Lipinski definition) is 0. The van der Waals surface area contributed by atoms with Crippen molar-refractivity contribution >= 4 is 28.6 Å². The lowest BCUT2D eigenvalue weighted by Crippen LogP contribution is -2.32. The van der Waals surface area contributed by atoms with Gasteiger partial charge in [-0.25, -0.2) is 9.97 Å². The normalized spacial score (nSPS) is 13.6. The van der Waals surface area contributed by atoms with E-state index in [0.29, 0.717) is 41.0 Å². The van der Waals surface area contributed by atoms with Crippen LogP contribution in [0.1, 0.15) is 16.8 Å². The maximum absolute atomic E-state index is 13.6. The van der Waals surface area contributed by atoms with Crippen LogP contribution in [-0.2, 0) is 0 Å². The van der Waals surface area contributed by atoms with E-state index >= 15 is 0 Å². The first-order chi connectivity index (χ1) is 14.6. The highest BCUT2D eigenvalue weighted by Crippen LogP contribution is 2.39. The second-order valence-corrected chi connectivity index (χ2v) is 7.01. The van der Waals surface area contributed by atoms with Crippen LogP contribution in [0.3, 0.4) is 0 Å². The Morgan fingerprint density at radius 3 is 2.07 bits per heavy atom. The van der Waals surface area contributed by atoms with E-state index in [0.717, 1.165) is 24.0 Å². The topological polar surface area (TPSA) is 77.0 Å². The van der Waals surface area contributed by atoms with E-state index in [2.05, 4.69) is 0 Å². The van der Waals surface area contributed by atoms with E-state index < -0.39 is 0 Å². The van der Waals surface area contributed by atoms with E-state index in [1.807, 2.05) is 36.2 Å². The number of carbonyl (C=O) groups excluding carboxylic acids is 1. The van der Waals surface area contributed by atoms with Crippen molar-refractivity contribution in [2.24, 2.45) is 0 Å². The van der Waals surface area contributed by atoms with Gasteiger partial charge in [0.05, 0.1) is 32.4 Å². The molecule has 0 spiro atoms. The Balaban J connectivity index is 1.84. The maximum atomic E-state index is 13.6. The molecule has 30 heavy (non-hydrogen) atoms. The van der Waals surface area contributed by atoms with Crippen LogP contribution in [0.15, 0.2) is 36.4 Å². The minimum atomic E-state index is -0.199. The summed E-state index contributed by atoms with van der Waals surface area (Å²) in [4.78, 5) is 26.9. The van der Waals surface area contributed by atoms with Crippen LogP contribution in [0.4, 0.5) is 11.6 Å². The zero-order valence-electron chi connectivity index (χ0n) is 17.5. The molecule has 0 fully saturated rings. The van der Waals surface area contributed by atoms with Gasteiger partial charge in [0.1, 0.15) is 0 Å². The number of nitrogens with zero attached hydrogens (tertiary/aromatic N) is 4. The van der Waals surface area contributed by atoms with Crippen molar-refractivity contribution in [2.75, 3.05) is 51.3 Å². The maximum Gasteiger partial charge on any atom is 0.259 e. The third-order valence-corrected chi connectivity index (χ3v) is 5.18. The zero-order valence-corrected chi connectivity index (χ0v) is 17.5. The van der Waals surface area contributed by atoms with Crippen molar-refractivity contribution in [3.63, 3.8) is 0 Å². The van der Waals surface area contributed by atoms with Gasteiger partial charge in [-0.15, -0.1) is 0 Å². The van der Waals surface area contributed by atoms with Gasteiger partial charge in [0.25, 0.3) is 5.91 Å². The van der Waals surface area contributed by atoms with Crippen LogP contribution in [-0.4, -0.2) is 57.3 Å². The molecule has 0 aliphatic carbocycles. The number of ether oxygens (including phenoxy) is 3. The number of carbonyl (C=O) groups is 1. The smallest absolute Gasteiger partial charge is 0.259 e. The number of rotatable bonds is 4. The summed E-state index contributed by atoms with van der Waals surface area (Å²) >= 11 is 0. The SMILES string of the molecule is COc1cc(C(=O)N2CCCN(C)c3nc4ccccc4nc32)cc(OC)c1OC. The summed E-state index contributed by atoms with van der Waals surface area (Å²) < 4.78 is 16.2. The highest BCUT2D eigenvalue weighted by molar-refractivity contribution is 6.08. The number of aromatic nitrogens is 2. The molecule has 156 valence electrons. The molecule has 0 radical (unpaired) electrons. The van der Waals surface area contributed by atoms with Crippen LogP contribution in [0.5, 0.6) is 17.2 Å². The molecular weight excluding hydrogens is 384 g/mol. The number of amides is 1. The molecule has 0 atom stereocenters. The average molecular weight is 408 g/mol. The quantitative estimate of drug-likeness (QED) is 0.656. The first-order valence-corrected chi connectivity index (χ1v) is 9.67. The molecule has 1 aliphatic heterocycles. The number of methoxy groups -OCH3 is 3. The van der Waals surface area contributed by atoms with Gasteiger partial charge in [0, 0.05) is 25.7 Å². The Labute approximate surface area is 175 Å². The van der Waals surface area contributed by atoms with E-state index in [-0.39, 0.29) is 5.91 Å². The largest absolute Gasteiger partial charge is 0.493 e. The van der Waals surface area contributed by atoms with E-state index in [9.17, 15) is 4.79 Å². The Kier molecular flexibility index (Phi) is 5.31. The van der Waals surface area contributed by atoms with Crippen molar-refractivity contribution in [3.05, 3.63) is 42.0 Å².